The summed E-state index contributed by atoms with van der Waals surface area (Å²) in [6, 6.07) is 6.43. The lowest BCUT2D eigenvalue weighted by atomic mass is 9.87. The van der Waals surface area contributed by atoms with Gasteiger partial charge in [0.1, 0.15) is 6.10 Å². The lowest BCUT2D eigenvalue weighted by Gasteiger charge is -2.22. The smallest absolute Gasteiger partial charge is 0.306 e. The molecule has 1 aliphatic heterocycles. The summed E-state index contributed by atoms with van der Waals surface area (Å²) >= 11 is 2.34. The van der Waals surface area contributed by atoms with Gasteiger partial charge in [0.2, 0.25) is 0 Å². The van der Waals surface area contributed by atoms with E-state index in [2.05, 4.69) is 61.6 Å². The van der Waals surface area contributed by atoms with E-state index in [1.807, 2.05) is 0 Å². The maximum absolute atomic E-state index is 11.5. The van der Waals surface area contributed by atoms with Crippen LogP contribution in [0, 0.1) is 13.8 Å². The summed E-state index contributed by atoms with van der Waals surface area (Å²) in [5, 5.41) is 0. The summed E-state index contributed by atoms with van der Waals surface area (Å²) in [7, 11) is 0. The number of esters is 1. The largest absolute Gasteiger partial charge is 0.461 e. The highest BCUT2D eigenvalue weighted by Gasteiger charge is 2.38. The van der Waals surface area contributed by atoms with Crippen molar-refractivity contribution in [1.82, 2.24) is 0 Å². The molecule has 1 aromatic rings. The Hall–Kier alpha value is -0.580. The molecule has 1 aliphatic rings. The second-order valence-corrected chi connectivity index (χ2v) is 6.77. The van der Waals surface area contributed by atoms with Gasteiger partial charge in [-0.15, -0.1) is 0 Å². The second-order valence-electron chi connectivity index (χ2n) is 4.80. The van der Waals surface area contributed by atoms with Crippen LogP contribution in [-0.4, -0.2) is 16.0 Å². The third-order valence-corrected chi connectivity index (χ3v) is 4.05. The van der Waals surface area contributed by atoms with Crippen LogP contribution in [0.4, 0.5) is 0 Å². The Balaban J connectivity index is 2.37. The summed E-state index contributed by atoms with van der Waals surface area (Å²) in [6.45, 7) is 6.29. The van der Waals surface area contributed by atoms with Gasteiger partial charge in [0, 0.05) is 9.84 Å². The van der Waals surface area contributed by atoms with Gasteiger partial charge in [-0.1, -0.05) is 46.4 Å². The lowest BCUT2D eigenvalue weighted by Crippen LogP contribution is -2.23. The first-order valence-corrected chi connectivity index (χ1v) is 7.14. The molecule has 3 atom stereocenters. The molecule has 0 radical (unpaired) electrons. The molecular formula is C14H17IO2. The molecule has 0 aromatic heterocycles. The fraction of sp³-hybridized carbons (Fsp3) is 0.500. The molecule has 0 spiro atoms. The van der Waals surface area contributed by atoms with Crippen molar-refractivity contribution in [2.45, 2.75) is 43.1 Å². The van der Waals surface area contributed by atoms with Gasteiger partial charge in [0.15, 0.2) is 0 Å². The lowest BCUT2D eigenvalue weighted by molar-refractivity contribution is -0.141. The van der Waals surface area contributed by atoms with E-state index in [1.165, 1.54) is 16.7 Å². The average Bonchev–Trinajstić information content (AvgIpc) is 2.64. The molecule has 1 fully saturated rings. The SMILES string of the molecule is Cc1ccc(C)c([C@H]2CC(=O)O[C@H]2[C@H](C)I)c1. The Morgan fingerprint density at radius 1 is 1.41 bits per heavy atom. The molecule has 0 bridgehead atoms. The summed E-state index contributed by atoms with van der Waals surface area (Å²) in [5.41, 5.74) is 3.76. The normalized spacial score (nSPS) is 25.8. The zero-order chi connectivity index (χ0) is 12.6. The summed E-state index contributed by atoms with van der Waals surface area (Å²) < 4.78 is 5.78. The molecule has 2 nitrogen and oxygen atoms in total. The molecule has 17 heavy (non-hydrogen) atoms. The van der Waals surface area contributed by atoms with Crippen LogP contribution < -0.4 is 0 Å². The van der Waals surface area contributed by atoms with Crippen molar-refractivity contribution in [3.63, 3.8) is 0 Å². The van der Waals surface area contributed by atoms with E-state index >= 15 is 0 Å². The number of carbonyl (C=O) groups excluding carboxylic acids is 1. The zero-order valence-corrected chi connectivity index (χ0v) is 12.5. The predicted molar refractivity (Wildman–Crippen MR) is 76.6 cm³/mol. The van der Waals surface area contributed by atoms with E-state index in [-0.39, 0.29) is 18.0 Å². The van der Waals surface area contributed by atoms with E-state index in [0.717, 1.165) is 0 Å². The minimum Gasteiger partial charge on any atom is -0.461 e. The number of hydrogen-bond acceptors (Lipinski definition) is 2. The minimum absolute atomic E-state index is 0.0172. The van der Waals surface area contributed by atoms with Gasteiger partial charge in [0.25, 0.3) is 0 Å². The van der Waals surface area contributed by atoms with Crippen LogP contribution in [0.15, 0.2) is 18.2 Å². The van der Waals surface area contributed by atoms with Crippen LogP contribution >= 0.6 is 22.6 Å². The maximum atomic E-state index is 11.5. The Morgan fingerprint density at radius 3 is 2.76 bits per heavy atom. The van der Waals surface area contributed by atoms with Gasteiger partial charge in [-0.05, 0) is 31.9 Å². The van der Waals surface area contributed by atoms with Crippen molar-refractivity contribution in [1.29, 1.82) is 0 Å². The van der Waals surface area contributed by atoms with Crippen LogP contribution in [0.1, 0.15) is 36.0 Å². The third-order valence-electron chi connectivity index (χ3n) is 3.34. The fourth-order valence-electron chi connectivity index (χ4n) is 2.44. The number of hydrogen-bond donors (Lipinski definition) is 0. The third kappa shape index (κ3) is 2.64. The molecule has 1 heterocycles. The maximum Gasteiger partial charge on any atom is 0.306 e. The predicted octanol–water partition coefficient (Wildman–Crippen LogP) is 3.53. The van der Waals surface area contributed by atoms with Crippen LogP contribution in [0.3, 0.4) is 0 Å². The number of carbonyl (C=O) groups is 1. The molecule has 0 saturated carbocycles. The van der Waals surface area contributed by atoms with Crippen molar-refractivity contribution >= 4 is 28.6 Å². The molecule has 0 unspecified atom stereocenters. The molecule has 0 amide bonds. The molecule has 3 heteroatoms. The van der Waals surface area contributed by atoms with Crippen molar-refractivity contribution in [2.24, 2.45) is 0 Å². The summed E-state index contributed by atoms with van der Waals surface area (Å²) in [5.74, 6) is 0.152. The highest BCUT2D eigenvalue weighted by Crippen LogP contribution is 2.37. The van der Waals surface area contributed by atoms with Gasteiger partial charge in [-0.3, -0.25) is 4.79 Å². The summed E-state index contributed by atoms with van der Waals surface area (Å²) in [6.07, 6.45) is 0.533. The molecule has 0 N–H and O–H groups in total. The topological polar surface area (TPSA) is 26.3 Å². The summed E-state index contributed by atoms with van der Waals surface area (Å²) in [4.78, 5) is 11.5. The van der Waals surface area contributed by atoms with Gasteiger partial charge in [-0.2, -0.15) is 0 Å². The minimum atomic E-state index is -0.0653. The van der Waals surface area contributed by atoms with Crippen molar-refractivity contribution in [3.05, 3.63) is 34.9 Å². The van der Waals surface area contributed by atoms with Crippen molar-refractivity contribution in [2.75, 3.05) is 0 Å². The second kappa shape index (κ2) is 4.96. The standard InChI is InChI=1S/C14H17IO2/c1-8-4-5-9(2)11(6-8)12-7-13(16)17-14(12)10(3)15/h4-6,10,12,14H,7H2,1-3H3/t10-,12+,14-/m0/s1. The van der Waals surface area contributed by atoms with Gasteiger partial charge < -0.3 is 4.74 Å². The average molecular weight is 344 g/mol. The monoisotopic (exact) mass is 344 g/mol. The Labute approximate surface area is 116 Å². The molecule has 2 rings (SSSR count). The Bertz CT molecular complexity index is 440. The molecule has 1 saturated heterocycles. The Kier molecular flexibility index (Phi) is 3.76. The van der Waals surface area contributed by atoms with E-state index < -0.39 is 0 Å². The number of alkyl halides is 1. The molecule has 92 valence electrons. The number of cyclic esters (lactones) is 1. The zero-order valence-electron chi connectivity index (χ0n) is 10.4. The number of aryl methyl sites for hydroxylation is 2. The highest BCUT2D eigenvalue weighted by atomic mass is 127. The van der Waals surface area contributed by atoms with Crippen LogP contribution in [0.5, 0.6) is 0 Å². The molecule has 1 aromatic carbocycles. The van der Waals surface area contributed by atoms with Crippen LogP contribution in [-0.2, 0) is 9.53 Å². The number of rotatable bonds is 2. The molecular weight excluding hydrogens is 327 g/mol. The van der Waals surface area contributed by atoms with E-state index in [9.17, 15) is 4.79 Å². The van der Waals surface area contributed by atoms with E-state index in [1.54, 1.807) is 0 Å². The highest BCUT2D eigenvalue weighted by molar-refractivity contribution is 14.1. The van der Waals surface area contributed by atoms with Gasteiger partial charge in [-0.25, -0.2) is 0 Å². The van der Waals surface area contributed by atoms with Crippen molar-refractivity contribution in [3.8, 4) is 0 Å². The van der Waals surface area contributed by atoms with Gasteiger partial charge in [0.05, 0.1) is 6.42 Å². The first-order valence-electron chi connectivity index (χ1n) is 5.89. The van der Waals surface area contributed by atoms with Crippen molar-refractivity contribution < 1.29 is 9.53 Å². The van der Waals surface area contributed by atoms with E-state index in [4.69, 9.17) is 4.74 Å². The molecule has 0 aliphatic carbocycles. The van der Waals surface area contributed by atoms with Crippen LogP contribution in [0.2, 0.25) is 0 Å². The first-order chi connectivity index (χ1) is 7.99. The Morgan fingerprint density at radius 2 is 2.12 bits per heavy atom. The number of benzene rings is 1. The fourth-order valence-corrected chi connectivity index (χ4v) is 3.09. The van der Waals surface area contributed by atoms with Gasteiger partial charge >= 0.3 is 5.97 Å². The quantitative estimate of drug-likeness (QED) is 0.466. The number of halogens is 1. The van der Waals surface area contributed by atoms with E-state index in [0.29, 0.717) is 10.3 Å². The van der Waals surface area contributed by atoms with Crippen LogP contribution in [0.25, 0.3) is 0 Å². The number of ether oxygens (including phenoxy) is 1. The first kappa shape index (κ1) is 12.9.